The third-order valence-corrected chi connectivity index (χ3v) is 4.68. The van der Waals surface area contributed by atoms with Crippen LogP contribution in [-0.2, 0) is 6.42 Å². The number of likely N-dealkylation sites (N-methyl/N-ethyl adjacent to an activating group) is 1. The molecule has 1 aromatic carbocycles. The van der Waals surface area contributed by atoms with Crippen molar-refractivity contribution in [1.29, 1.82) is 0 Å². The summed E-state index contributed by atoms with van der Waals surface area (Å²) < 4.78 is 6.14. The number of ether oxygens (including phenoxy) is 1. The van der Waals surface area contributed by atoms with E-state index in [9.17, 15) is 0 Å². The van der Waals surface area contributed by atoms with Gasteiger partial charge in [-0.15, -0.1) is 0 Å². The Bertz CT molecular complexity index is 695. The molecule has 0 spiro atoms. The molecular weight excluding hydrogens is 314 g/mol. The van der Waals surface area contributed by atoms with Gasteiger partial charge >= 0.3 is 0 Å². The summed E-state index contributed by atoms with van der Waals surface area (Å²) in [7, 11) is 5.92. The number of fused-ring (bicyclic) bond motifs is 1. The van der Waals surface area contributed by atoms with E-state index in [1.807, 2.05) is 38.2 Å². The minimum absolute atomic E-state index is 0.0875. The summed E-state index contributed by atoms with van der Waals surface area (Å²) in [5, 5.41) is 0. The highest BCUT2D eigenvalue weighted by atomic mass is 16.5. The van der Waals surface area contributed by atoms with Crippen LogP contribution >= 0.6 is 0 Å². The van der Waals surface area contributed by atoms with E-state index in [1.54, 1.807) is 0 Å². The van der Waals surface area contributed by atoms with Crippen molar-refractivity contribution in [2.75, 3.05) is 30.9 Å². The molecule has 0 fully saturated rings. The highest BCUT2D eigenvalue weighted by Gasteiger charge is 2.31. The molecule has 2 heterocycles. The molecule has 0 radical (unpaired) electrons. The van der Waals surface area contributed by atoms with E-state index in [-0.39, 0.29) is 18.1 Å². The van der Waals surface area contributed by atoms with Gasteiger partial charge in [0.2, 0.25) is 11.9 Å². The maximum Gasteiger partial charge on any atom is 0.230 e. The zero-order valence-corrected chi connectivity index (χ0v) is 15.9. The fraction of sp³-hybridized carbons (Fsp3) is 0.526. The Kier molecular flexibility index (Phi) is 4.79. The average molecular weight is 341 g/mol. The molecule has 0 bridgehead atoms. The molecule has 2 atom stereocenters. The molecule has 0 saturated heterocycles. The highest BCUT2D eigenvalue weighted by Crippen LogP contribution is 2.31. The number of benzene rings is 1. The van der Waals surface area contributed by atoms with Gasteiger partial charge in [-0.2, -0.15) is 15.0 Å². The molecule has 1 aliphatic rings. The monoisotopic (exact) mass is 341 g/mol. The van der Waals surface area contributed by atoms with Crippen LogP contribution < -0.4 is 14.5 Å². The van der Waals surface area contributed by atoms with Crippen molar-refractivity contribution in [3.63, 3.8) is 0 Å². The lowest BCUT2D eigenvalue weighted by atomic mass is 10.1. The van der Waals surface area contributed by atoms with Gasteiger partial charge in [0.25, 0.3) is 0 Å². The van der Waals surface area contributed by atoms with Gasteiger partial charge in [-0.1, -0.05) is 32.0 Å². The van der Waals surface area contributed by atoms with Gasteiger partial charge in [0, 0.05) is 33.5 Å². The Morgan fingerprint density at radius 2 is 1.68 bits per heavy atom. The lowest BCUT2D eigenvalue weighted by molar-refractivity contribution is 0.202. The van der Waals surface area contributed by atoms with Crippen molar-refractivity contribution in [3.8, 4) is 5.75 Å². The van der Waals surface area contributed by atoms with Crippen LogP contribution in [0, 0.1) is 0 Å². The second kappa shape index (κ2) is 6.86. The van der Waals surface area contributed by atoms with Gasteiger partial charge in [0.15, 0.2) is 0 Å². The van der Waals surface area contributed by atoms with Crippen molar-refractivity contribution in [1.82, 2.24) is 15.0 Å². The summed E-state index contributed by atoms with van der Waals surface area (Å²) >= 11 is 0. The van der Waals surface area contributed by atoms with Crippen molar-refractivity contribution in [2.24, 2.45) is 0 Å². The average Bonchev–Trinajstić information content (AvgIpc) is 3.04. The predicted octanol–water partition coefficient (Wildman–Crippen LogP) is 2.89. The largest absolute Gasteiger partial charge is 0.488 e. The van der Waals surface area contributed by atoms with Gasteiger partial charge in [-0.05, 0) is 18.6 Å². The Morgan fingerprint density at radius 3 is 2.32 bits per heavy atom. The SMILES string of the molecule is CC(C)c1nc(N(C)C)nc(N(C)C(C)C2Cc3ccccc3O2)n1. The van der Waals surface area contributed by atoms with Crippen LogP contribution in [0.5, 0.6) is 5.75 Å². The van der Waals surface area contributed by atoms with Crippen LogP contribution in [0.2, 0.25) is 0 Å². The smallest absolute Gasteiger partial charge is 0.230 e. The first-order valence-corrected chi connectivity index (χ1v) is 8.77. The minimum Gasteiger partial charge on any atom is -0.488 e. The van der Waals surface area contributed by atoms with Gasteiger partial charge in [-0.25, -0.2) is 0 Å². The minimum atomic E-state index is 0.0875. The van der Waals surface area contributed by atoms with Gasteiger partial charge in [0.1, 0.15) is 17.7 Å². The topological polar surface area (TPSA) is 54.4 Å². The van der Waals surface area contributed by atoms with E-state index in [0.29, 0.717) is 11.9 Å². The third kappa shape index (κ3) is 3.52. The van der Waals surface area contributed by atoms with Crippen LogP contribution in [-0.4, -0.2) is 48.2 Å². The summed E-state index contributed by atoms with van der Waals surface area (Å²) in [6.45, 7) is 6.35. The van der Waals surface area contributed by atoms with E-state index >= 15 is 0 Å². The molecule has 6 nitrogen and oxygen atoms in total. The van der Waals surface area contributed by atoms with E-state index in [0.717, 1.165) is 18.0 Å². The molecule has 0 saturated carbocycles. The van der Waals surface area contributed by atoms with Gasteiger partial charge in [-0.3, -0.25) is 0 Å². The number of nitrogens with zero attached hydrogens (tertiary/aromatic N) is 5. The van der Waals surface area contributed by atoms with Crippen LogP contribution in [0.4, 0.5) is 11.9 Å². The summed E-state index contributed by atoms with van der Waals surface area (Å²) in [5.74, 6) is 3.41. The molecule has 2 aromatic rings. The van der Waals surface area contributed by atoms with Gasteiger partial charge < -0.3 is 14.5 Å². The van der Waals surface area contributed by atoms with Crippen LogP contribution in [0.25, 0.3) is 0 Å². The van der Waals surface area contributed by atoms with Crippen molar-refractivity contribution >= 4 is 11.9 Å². The number of aromatic nitrogens is 3. The number of rotatable bonds is 5. The number of anilines is 2. The summed E-state index contributed by atoms with van der Waals surface area (Å²) in [5.41, 5.74) is 1.26. The van der Waals surface area contributed by atoms with E-state index in [1.165, 1.54) is 5.56 Å². The van der Waals surface area contributed by atoms with Crippen LogP contribution in [0.1, 0.15) is 38.1 Å². The Hall–Kier alpha value is -2.37. The lowest BCUT2D eigenvalue weighted by Gasteiger charge is -2.30. The molecule has 2 unspecified atom stereocenters. The van der Waals surface area contributed by atoms with E-state index in [4.69, 9.17) is 4.74 Å². The standard InChI is InChI=1S/C19H27N5O/c1-12(2)17-20-18(23(4)5)22-19(21-17)24(6)13(3)16-11-14-9-7-8-10-15(14)25-16/h7-10,12-13,16H,11H2,1-6H3. The van der Waals surface area contributed by atoms with Crippen molar-refractivity contribution in [3.05, 3.63) is 35.7 Å². The van der Waals surface area contributed by atoms with Gasteiger partial charge in [0.05, 0.1) is 6.04 Å². The molecule has 1 aromatic heterocycles. The molecule has 25 heavy (non-hydrogen) atoms. The first kappa shape index (κ1) is 17.5. The second-order valence-electron chi connectivity index (χ2n) is 7.16. The van der Waals surface area contributed by atoms with Crippen molar-refractivity contribution in [2.45, 2.75) is 45.3 Å². The Morgan fingerprint density at radius 1 is 1.00 bits per heavy atom. The Balaban J connectivity index is 1.84. The van der Waals surface area contributed by atoms with E-state index < -0.39 is 0 Å². The number of hydrogen-bond acceptors (Lipinski definition) is 6. The first-order valence-electron chi connectivity index (χ1n) is 8.77. The molecule has 6 heteroatoms. The lowest BCUT2D eigenvalue weighted by Crippen LogP contribution is -2.42. The highest BCUT2D eigenvalue weighted by molar-refractivity contribution is 5.41. The number of hydrogen-bond donors (Lipinski definition) is 0. The molecule has 134 valence electrons. The molecule has 0 amide bonds. The number of para-hydroxylation sites is 1. The molecule has 0 N–H and O–H groups in total. The maximum atomic E-state index is 6.14. The summed E-state index contributed by atoms with van der Waals surface area (Å²) in [4.78, 5) is 17.9. The molecule has 0 aliphatic carbocycles. The fourth-order valence-corrected chi connectivity index (χ4v) is 2.89. The summed E-state index contributed by atoms with van der Waals surface area (Å²) in [6.07, 6.45) is 0.995. The Labute approximate surface area is 149 Å². The van der Waals surface area contributed by atoms with Crippen LogP contribution in [0.3, 0.4) is 0 Å². The zero-order valence-electron chi connectivity index (χ0n) is 15.9. The normalized spacial score (nSPS) is 17.2. The molecular formula is C19H27N5O. The second-order valence-corrected chi connectivity index (χ2v) is 7.16. The zero-order chi connectivity index (χ0) is 18.1. The third-order valence-electron chi connectivity index (χ3n) is 4.68. The van der Waals surface area contributed by atoms with E-state index in [2.05, 4.69) is 52.8 Å². The first-order chi connectivity index (χ1) is 11.9. The fourth-order valence-electron chi connectivity index (χ4n) is 2.89. The summed E-state index contributed by atoms with van der Waals surface area (Å²) in [6, 6.07) is 8.38. The maximum absolute atomic E-state index is 6.14. The quantitative estimate of drug-likeness (QED) is 0.833. The van der Waals surface area contributed by atoms with Crippen molar-refractivity contribution < 1.29 is 4.74 Å². The molecule has 1 aliphatic heterocycles. The molecule has 3 rings (SSSR count). The van der Waals surface area contributed by atoms with Crippen LogP contribution in [0.15, 0.2) is 24.3 Å². The predicted molar refractivity (Wildman–Crippen MR) is 101 cm³/mol.